The maximum atomic E-state index is 11.9. The van der Waals surface area contributed by atoms with Gasteiger partial charge >= 0.3 is 6.09 Å². The third-order valence-electron chi connectivity index (χ3n) is 2.64. The fourth-order valence-electron chi connectivity index (χ4n) is 1.65. The second-order valence-corrected chi connectivity index (χ2v) is 6.03. The maximum absolute atomic E-state index is 11.9. The van der Waals surface area contributed by atoms with Crippen molar-refractivity contribution in [1.29, 1.82) is 0 Å². The van der Waals surface area contributed by atoms with Crippen LogP contribution in [-0.4, -0.2) is 41.8 Å². The summed E-state index contributed by atoms with van der Waals surface area (Å²) in [4.78, 5) is 13.6. The summed E-state index contributed by atoms with van der Waals surface area (Å²) in [5.74, 6) is 0. The molecule has 0 aliphatic carbocycles. The highest BCUT2D eigenvalue weighted by Crippen LogP contribution is 2.15. The molecule has 1 amide bonds. The first-order valence-corrected chi connectivity index (χ1v) is 5.93. The van der Waals surface area contributed by atoms with E-state index < -0.39 is 5.60 Å². The molecule has 1 N–H and O–H groups in total. The molecular weight excluding hydrogens is 204 g/mol. The number of amides is 1. The second kappa shape index (κ2) is 4.62. The Morgan fingerprint density at radius 2 is 1.94 bits per heavy atom. The van der Waals surface area contributed by atoms with Crippen molar-refractivity contribution in [2.75, 3.05) is 19.6 Å². The van der Waals surface area contributed by atoms with Gasteiger partial charge in [-0.25, -0.2) is 4.79 Å². The van der Waals surface area contributed by atoms with Crippen molar-refractivity contribution < 1.29 is 9.53 Å². The van der Waals surface area contributed by atoms with Crippen LogP contribution in [-0.2, 0) is 4.74 Å². The predicted octanol–water partition coefficient (Wildman–Crippen LogP) is 2.00. The van der Waals surface area contributed by atoms with Gasteiger partial charge in [-0.2, -0.15) is 0 Å². The molecular formula is C12H24N2O2. The standard InChI is InChI=1S/C12H24N2O2/c1-11(2,3)16-10(15)14-8-6-12(4,5)13-7-9-14/h13H,6-9H2,1-5H3. The van der Waals surface area contributed by atoms with Crippen LogP contribution in [0.1, 0.15) is 41.0 Å². The van der Waals surface area contributed by atoms with E-state index in [1.54, 1.807) is 4.90 Å². The molecule has 1 aliphatic rings. The van der Waals surface area contributed by atoms with Gasteiger partial charge in [-0.3, -0.25) is 0 Å². The Hall–Kier alpha value is -0.770. The highest BCUT2D eigenvalue weighted by Gasteiger charge is 2.27. The van der Waals surface area contributed by atoms with Crippen molar-refractivity contribution in [2.24, 2.45) is 0 Å². The van der Waals surface area contributed by atoms with Crippen LogP contribution in [0.4, 0.5) is 4.79 Å². The summed E-state index contributed by atoms with van der Waals surface area (Å²) in [7, 11) is 0. The highest BCUT2D eigenvalue weighted by molar-refractivity contribution is 5.68. The molecule has 4 heteroatoms. The first-order valence-electron chi connectivity index (χ1n) is 5.93. The molecule has 0 spiro atoms. The molecule has 1 fully saturated rings. The predicted molar refractivity (Wildman–Crippen MR) is 64.5 cm³/mol. The molecule has 4 nitrogen and oxygen atoms in total. The number of hydrogen-bond donors (Lipinski definition) is 1. The third kappa shape index (κ3) is 4.39. The van der Waals surface area contributed by atoms with Crippen LogP contribution < -0.4 is 5.32 Å². The van der Waals surface area contributed by atoms with Gasteiger partial charge in [0.25, 0.3) is 0 Å². The minimum Gasteiger partial charge on any atom is -0.444 e. The average molecular weight is 228 g/mol. The van der Waals surface area contributed by atoms with Crippen molar-refractivity contribution in [3.05, 3.63) is 0 Å². The van der Waals surface area contributed by atoms with E-state index in [0.29, 0.717) is 0 Å². The summed E-state index contributed by atoms with van der Waals surface area (Å²) in [5, 5.41) is 3.42. The molecule has 1 heterocycles. The lowest BCUT2D eigenvalue weighted by atomic mass is 10.0. The van der Waals surface area contributed by atoms with Gasteiger partial charge < -0.3 is 15.0 Å². The first kappa shape index (κ1) is 13.3. The van der Waals surface area contributed by atoms with E-state index in [-0.39, 0.29) is 11.6 Å². The average Bonchev–Trinajstić information content (AvgIpc) is 2.23. The van der Waals surface area contributed by atoms with Crippen molar-refractivity contribution in [3.63, 3.8) is 0 Å². The van der Waals surface area contributed by atoms with Crippen LogP contribution in [0.2, 0.25) is 0 Å². The summed E-state index contributed by atoms with van der Waals surface area (Å²) in [6.45, 7) is 12.3. The van der Waals surface area contributed by atoms with E-state index in [0.717, 1.165) is 26.1 Å². The lowest BCUT2D eigenvalue weighted by Crippen LogP contribution is -2.39. The topological polar surface area (TPSA) is 41.6 Å². The molecule has 0 atom stereocenters. The van der Waals surface area contributed by atoms with Crippen LogP contribution in [0, 0.1) is 0 Å². The van der Waals surface area contributed by atoms with Gasteiger partial charge in [-0.15, -0.1) is 0 Å². The molecule has 0 bridgehead atoms. The highest BCUT2D eigenvalue weighted by atomic mass is 16.6. The largest absolute Gasteiger partial charge is 0.444 e. The van der Waals surface area contributed by atoms with E-state index in [9.17, 15) is 4.79 Å². The minimum absolute atomic E-state index is 0.108. The molecule has 0 radical (unpaired) electrons. The van der Waals surface area contributed by atoms with Crippen LogP contribution in [0.3, 0.4) is 0 Å². The van der Waals surface area contributed by atoms with E-state index in [1.165, 1.54) is 0 Å². The smallest absolute Gasteiger partial charge is 0.410 e. The van der Waals surface area contributed by atoms with Gasteiger partial charge in [-0.05, 0) is 41.0 Å². The number of ether oxygens (including phenoxy) is 1. The van der Waals surface area contributed by atoms with Gasteiger partial charge in [0.05, 0.1) is 0 Å². The van der Waals surface area contributed by atoms with Crippen LogP contribution in [0.15, 0.2) is 0 Å². The molecule has 0 aromatic heterocycles. The van der Waals surface area contributed by atoms with E-state index in [2.05, 4.69) is 19.2 Å². The summed E-state index contributed by atoms with van der Waals surface area (Å²) in [6.07, 6.45) is 0.749. The molecule has 0 aromatic rings. The monoisotopic (exact) mass is 228 g/mol. The normalized spacial score (nSPS) is 21.4. The van der Waals surface area contributed by atoms with Crippen molar-refractivity contribution >= 4 is 6.09 Å². The Balaban J connectivity index is 2.52. The molecule has 94 valence electrons. The van der Waals surface area contributed by atoms with Crippen LogP contribution in [0.5, 0.6) is 0 Å². The Labute approximate surface area is 98.3 Å². The zero-order valence-electron chi connectivity index (χ0n) is 11.1. The van der Waals surface area contributed by atoms with Gasteiger partial charge in [0.15, 0.2) is 0 Å². The van der Waals surface area contributed by atoms with E-state index >= 15 is 0 Å². The fraction of sp³-hybridized carbons (Fsp3) is 0.917. The lowest BCUT2D eigenvalue weighted by Gasteiger charge is -2.26. The third-order valence-corrected chi connectivity index (χ3v) is 2.64. The summed E-state index contributed by atoms with van der Waals surface area (Å²) in [5.41, 5.74) is -0.302. The van der Waals surface area contributed by atoms with Crippen LogP contribution >= 0.6 is 0 Å². The summed E-state index contributed by atoms with van der Waals surface area (Å²) in [6, 6.07) is 0. The zero-order valence-corrected chi connectivity index (χ0v) is 11.1. The summed E-state index contributed by atoms with van der Waals surface area (Å²) < 4.78 is 5.36. The van der Waals surface area contributed by atoms with Gasteiger partial charge in [0.2, 0.25) is 0 Å². The Morgan fingerprint density at radius 3 is 2.50 bits per heavy atom. The molecule has 1 aliphatic heterocycles. The van der Waals surface area contributed by atoms with E-state index in [4.69, 9.17) is 4.74 Å². The number of carbonyl (C=O) groups excluding carboxylic acids is 1. The van der Waals surface area contributed by atoms with Crippen molar-refractivity contribution in [3.8, 4) is 0 Å². The molecule has 16 heavy (non-hydrogen) atoms. The van der Waals surface area contributed by atoms with Gasteiger partial charge in [0.1, 0.15) is 5.60 Å². The second-order valence-electron chi connectivity index (χ2n) is 6.03. The fourth-order valence-corrected chi connectivity index (χ4v) is 1.65. The maximum Gasteiger partial charge on any atom is 0.410 e. The summed E-state index contributed by atoms with van der Waals surface area (Å²) >= 11 is 0. The van der Waals surface area contributed by atoms with Crippen molar-refractivity contribution in [2.45, 2.75) is 52.2 Å². The van der Waals surface area contributed by atoms with Crippen LogP contribution in [0.25, 0.3) is 0 Å². The minimum atomic E-state index is -0.410. The van der Waals surface area contributed by atoms with Crippen molar-refractivity contribution in [1.82, 2.24) is 10.2 Å². The molecule has 0 aromatic carbocycles. The Morgan fingerprint density at radius 1 is 1.31 bits per heavy atom. The van der Waals surface area contributed by atoms with Gasteiger partial charge in [-0.1, -0.05) is 0 Å². The number of nitrogens with one attached hydrogen (secondary N) is 1. The SMILES string of the molecule is CC1(C)CCN(C(=O)OC(C)(C)C)CCN1. The zero-order chi connectivity index (χ0) is 12.4. The lowest BCUT2D eigenvalue weighted by molar-refractivity contribution is 0.0260. The molecule has 0 unspecified atom stereocenters. The number of hydrogen-bond acceptors (Lipinski definition) is 3. The Bertz CT molecular complexity index is 256. The van der Waals surface area contributed by atoms with Gasteiger partial charge in [0, 0.05) is 25.2 Å². The molecule has 0 saturated carbocycles. The first-order chi connectivity index (χ1) is 7.20. The number of nitrogens with zero attached hydrogens (tertiary/aromatic N) is 1. The quantitative estimate of drug-likeness (QED) is 0.689. The number of rotatable bonds is 0. The molecule has 1 rings (SSSR count). The number of carbonyl (C=O) groups is 1. The Kier molecular flexibility index (Phi) is 3.84. The molecule has 1 saturated heterocycles. The van der Waals surface area contributed by atoms with E-state index in [1.807, 2.05) is 20.8 Å².